The minimum Gasteiger partial charge on any atom is -0.494 e. The van der Waals surface area contributed by atoms with Gasteiger partial charge in [0.2, 0.25) is 0 Å². The van der Waals surface area contributed by atoms with E-state index in [0.717, 1.165) is 0 Å². The Morgan fingerprint density at radius 2 is 1.96 bits per heavy atom. The van der Waals surface area contributed by atoms with Crippen LogP contribution in [0.25, 0.3) is 0 Å². The maximum Gasteiger partial charge on any atom is 0.296 e. The van der Waals surface area contributed by atoms with Crippen LogP contribution in [-0.2, 0) is 14.3 Å². The third kappa shape index (κ3) is 5.33. The van der Waals surface area contributed by atoms with Crippen LogP contribution in [0.15, 0.2) is 46.7 Å². The number of nitrogens with one attached hydrogen (secondary N) is 1. The van der Waals surface area contributed by atoms with E-state index in [1.807, 2.05) is 12.3 Å². The fraction of sp³-hybridized carbons (Fsp3) is 0.312. The van der Waals surface area contributed by atoms with Crippen LogP contribution in [0.2, 0.25) is 0 Å². The summed E-state index contributed by atoms with van der Waals surface area (Å²) in [5.74, 6) is 0.437. The molecule has 1 aromatic carbocycles. The zero-order valence-electron chi connectivity index (χ0n) is 13.2. The second-order valence-electron chi connectivity index (χ2n) is 4.77. The van der Waals surface area contributed by atoms with Gasteiger partial charge in [0.15, 0.2) is 0 Å². The third-order valence-electron chi connectivity index (χ3n) is 3.01. The summed E-state index contributed by atoms with van der Waals surface area (Å²) in [5.41, 5.74) is 0. The zero-order chi connectivity index (χ0) is 17.4. The molecule has 1 N–H and O–H groups in total. The summed E-state index contributed by atoms with van der Waals surface area (Å²) >= 11 is 1.35. The van der Waals surface area contributed by atoms with Crippen molar-refractivity contribution >= 4 is 27.4 Å². The summed E-state index contributed by atoms with van der Waals surface area (Å²) in [7, 11) is -3.80. The number of carbonyl (C=O) groups excluding carboxylic acids is 1. The lowest BCUT2D eigenvalue weighted by atomic mass is 10.3. The van der Waals surface area contributed by atoms with E-state index in [2.05, 4.69) is 5.32 Å². The quantitative estimate of drug-likeness (QED) is 0.543. The molecule has 1 heterocycles. The maximum atomic E-state index is 12.0. The highest BCUT2D eigenvalue weighted by atomic mass is 32.2. The summed E-state index contributed by atoms with van der Waals surface area (Å²) in [6, 6.07) is 9.58. The fourth-order valence-electron chi connectivity index (χ4n) is 1.87. The SMILES string of the molecule is CCOc1ccc(S(=O)(=O)OCCCNC(=O)c2cccs2)cc1. The molecule has 0 radical (unpaired) electrons. The average molecular weight is 369 g/mol. The van der Waals surface area contributed by atoms with Crippen molar-refractivity contribution in [3.8, 4) is 5.75 Å². The molecular weight excluding hydrogens is 350 g/mol. The molecule has 0 unspecified atom stereocenters. The van der Waals surface area contributed by atoms with Gasteiger partial charge in [-0.05, 0) is 49.1 Å². The normalized spacial score (nSPS) is 11.2. The number of rotatable bonds is 9. The molecule has 0 bridgehead atoms. The summed E-state index contributed by atoms with van der Waals surface area (Å²) < 4.78 is 34.3. The predicted molar refractivity (Wildman–Crippen MR) is 92.0 cm³/mol. The Kier molecular flexibility index (Phi) is 6.77. The Bertz CT molecular complexity index is 739. The van der Waals surface area contributed by atoms with Gasteiger partial charge in [-0.15, -0.1) is 11.3 Å². The molecule has 6 nitrogen and oxygen atoms in total. The Balaban J connectivity index is 1.75. The average Bonchev–Trinajstić information content (AvgIpc) is 3.10. The Morgan fingerprint density at radius 3 is 2.58 bits per heavy atom. The number of thiophene rings is 1. The molecule has 2 rings (SSSR count). The van der Waals surface area contributed by atoms with E-state index in [4.69, 9.17) is 8.92 Å². The van der Waals surface area contributed by atoms with Crippen molar-refractivity contribution in [3.63, 3.8) is 0 Å². The molecule has 0 fully saturated rings. The topological polar surface area (TPSA) is 81.7 Å². The number of ether oxygens (including phenoxy) is 1. The third-order valence-corrected chi connectivity index (χ3v) is 5.21. The number of hydrogen-bond acceptors (Lipinski definition) is 6. The predicted octanol–water partition coefficient (Wildman–Crippen LogP) is 2.67. The number of benzene rings is 1. The Hall–Kier alpha value is -1.90. The molecule has 2 aromatic rings. The van der Waals surface area contributed by atoms with Crippen molar-refractivity contribution in [2.75, 3.05) is 19.8 Å². The highest BCUT2D eigenvalue weighted by molar-refractivity contribution is 7.86. The van der Waals surface area contributed by atoms with Crippen molar-refractivity contribution < 1.29 is 22.1 Å². The molecule has 130 valence electrons. The summed E-state index contributed by atoms with van der Waals surface area (Å²) in [5, 5.41) is 4.53. The van der Waals surface area contributed by atoms with Crippen molar-refractivity contribution in [3.05, 3.63) is 46.7 Å². The summed E-state index contributed by atoms with van der Waals surface area (Å²) in [6.07, 6.45) is 0.396. The highest BCUT2D eigenvalue weighted by Gasteiger charge is 2.15. The first-order chi connectivity index (χ1) is 11.5. The van der Waals surface area contributed by atoms with E-state index >= 15 is 0 Å². The first-order valence-corrected chi connectivity index (χ1v) is 9.75. The van der Waals surface area contributed by atoms with Gasteiger partial charge >= 0.3 is 0 Å². The molecule has 1 amide bonds. The molecule has 0 aliphatic carbocycles. The van der Waals surface area contributed by atoms with Crippen LogP contribution < -0.4 is 10.1 Å². The highest BCUT2D eigenvalue weighted by Crippen LogP contribution is 2.17. The number of carbonyl (C=O) groups is 1. The fourth-order valence-corrected chi connectivity index (χ4v) is 3.46. The molecule has 0 saturated heterocycles. The standard InChI is InChI=1S/C16H19NO5S2/c1-2-21-13-6-8-14(9-7-13)24(19,20)22-11-4-10-17-16(18)15-5-3-12-23-15/h3,5-9,12H,2,4,10-11H2,1H3,(H,17,18). The van der Waals surface area contributed by atoms with Gasteiger partial charge in [0.1, 0.15) is 5.75 Å². The van der Waals surface area contributed by atoms with Gasteiger partial charge in [0.05, 0.1) is 23.0 Å². The molecular formula is C16H19NO5S2. The van der Waals surface area contributed by atoms with E-state index in [1.54, 1.807) is 24.3 Å². The van der Waals surface area contributed by atoms with Gasteiger partial charge in [-0.3, -0.25) is 8.98 Å². The van der Waals surface area contributed by atoms with Crippen molar-refractivity contribution in [2.45, 2.75) is 18.2 Å². The molecule has 0 aliphatic rings. The van der Waals surface area contributed by atoms with E-state index in [1.165, 1.54) is 23.5 Å². The molecule has 24 heavy (non-hydrogen) atoms. The molecule has 0 aliphatic heterocycles. The van der Waals surface area contributed by atoms with Crippen molar-refractivity contribution in [1.82, 2.24) is 5.32 Å². The van der Waals surface area contributed by atoms with Gasteiger partial charge in [0.25, 0.3) is 16.0 Å². The monoisotopic (exact) mass is 369 g/mol. The zero-order valence-corrected chi connectivity index (χ0v) is 14.9. The van der Waals surface area contributed by atoms with Gasteiger partial charge in [-0.1, -0.05) is 6.07 Å². The van der Waals surface area contributed by atoms with Crippen LogP contribution in [0.1, 0.15) is 23.0 Å². The first kappa shape index (κ1) is 18.4. The van der Waals surface area contributed by atoms with E-state index in [0.29, 0.717) is 30.2 Å². The molecule has 0 spiro atoms. The second kappa shape index (κ2) is 8.81. The molecule has 8 heteroatoms. The molecule has 1 aromatic heterocycles. The van der Waals surface area contributed by atoms with Gasteiger partial charge in [-0.2, -0.15) is 8.42 Å². The van der Waals surface area contributed by atoms with Gasteiger partial charge < -0.3 is 10.1 Å². The second-order valence-corrected chi connectivity index (χ2v) is 7.33. The lowest BCUT2D eigenvalue weighted by Crippen LogP contribution is -2.24. The van der Waals surface area contributed by atoms with Crippen LogP contribution >= 0.6 is 11.3 Å². The Labute approximate surface area is 145 Å². The van der Waals surface area contributed by atoms with Crippen LogP contribution in [0.5, 0.6) is 5.75 Å². The minimum absolute atomic E-state index is 0.000263. The number of amides is 1. The lowest BCUT2D eigenvalue weighted by molar-refractivity contribution is 0.0956. The largest absolute Gasteiger partial charge is 0.494 e. The minimum atomic E-state index is -3.80. The maximum absolute atomic E-state index is 12.0. The van der Waals surface area contributed by atoms with Crippen LogP contribution in [0.4, 0.5) is 0 Å². The summed E-state index contributed by atoms with van der Waals surface area (Å²) in [4.78, 5) is 12.4. The van der Waals surface area contributed by atoms with Crippen LogP contribution in [0, 0.1) is 0 Å². The van der Waals surface area contributed by atoms with Crippen molar-refractivity contribution in [1.29, 1.82) is 0 Å². The molecule has 0 saturated carbocycles. The summed E-state index contributed by atoms with van der Waals surface area (Å²) in [6.45, 7) is 2.71. The van der Waals surface area contributed by atoms with Crippen LogP contribution in [-0.4, -0.2) is 34.1 Å². The first-order valence-electron chi connectivity index (χ1n) is 7.47. The van der Waals surface area contributed by atoms with Crippen molar-refractivity contribution in [2.24, 2.45) is 0 Å². The number of hydrogen-bond donors (Lipinski definition) is 1. The van der Waals surface area contributed by atoms with Gasteiger partial charge in [0, 0.05) is 6.54 Å². The molecule has 0 atom stereocenters. The van der Waals surface area contributed by atoms with E-state index in [9.17, 15) is 13.2 Å². The van der Waals surface area contributed by atoms with Crippen LogP contribution in [0.3, 0.4) is 0 Å². The Morgan fingerprint density at radius 1 is 1.21 bits per heavy atom. The smallest absolute Gasteiger partial charge is 0.296 e. The lowest BCUT2D eigenvalue weighted by Gasteiger charge is -2.07. The van der Waals surface area contributed by atoms with E-state index < -0.39 is 10.1 Å². The van der Waals surface area contributed by atoms with E-state index in [-0.39, 0.29) is 17.4 Å². The van der Waals surface area contributed by atoms with Gasteiger partial charge in [-0.25, -0.2) is 0 Å².